The van der Waals surface area contributed by atoms with E-state index in [4.69, 9.17) is 25.4 Å². The van der Waals surface area contributed by atoms with E-state index in [9.17, 15) is 9.59 Å². The lowest BCUT2D eigenvalue weighted by atomic mass is 9.97. The second-order valence-electron chi connectivity index (χ2n) is 10.8. The van der Waals surface area contributed by atoms with Gasteiger partial charge in [0.1, 0.15) is 12.2 Å². The van der Waals surface area contributed by atoms with E-state index >= 15 is 0 Å². The maximum atomic E-state index is 13.4. The van der Waals surface area contributed by atoms with Crippen molar-refractivity contribution < 1.29 is 28.5 Å². The van der Waals surface area contributed by atoms with Gasteiger partial charge < -0.3 is 18.9 Å². The molecule has 1 aliphatic carbocycles. The number of imidazole rings is 1. The van der Waals surface area contributed by atoms with Crippen molar-refractivity contribution in [1.29, 1.82) is 0 Å². The molecule has 0 spiro atoms. The molecule has 4 aromatic rings. The van der Waals surface area contributed by atoms with Gasteiger partial charge in [-0.25, -0.2) is 15.1 Å². The molecule has 230 valence electrons. The predicted molar refractivity (Wildman–Crippen MR) is 163 cm³/mol. The highest BCUT2D eigenvalue weighted by molar-refractivity contribution is 6.02. The quantitative estimate of drug-likeness (QED) is 0.130. The molecule has 3 aromatic carbocycles. The molecule has 12 heteroatoms. The average Bonchev–Trinajstić information content (AvgIpc) is 3.71. The second-order valence-corrected chi connectivity index (χ2v) is 10.8. The van der Waals surface area contributed by atoms with E-state index in [0.717, 1.165) is 54.4 Å². The zero-order chi connectivity index (χ0) is 31.2. The molecule has 6 rings (SSSR count). The number of hydrogen-bond donors (Lipinski definition) is 2. The number of benzene rings is 3. The highest BCUT2D eigenvalue weighted by Gasteiger charge is 2.25. The van der Waals surface area contributed by atoms with E-state index in [2.05, 4.69) is 32.4 Å². The molecule has 1 aromatic heterocycles. The monoisotopic (exact) mass is 608 g/mol. The minimum Gasteiger partial charge on any atom is -0.431 e. The number of carbonyl (C=O) groups is 2. The van der Waals surface area contributed by atoms with Crippen molar-refractivity contribution in [2.75, 3.05) is 0 Å². The first-order valence-corrected chi connectivity index (χ1v) is 14.8. The summed E-state index contributed by atoms with van der Waals surface area (Å²) in [6.45, 7) is 1.76. The van der Waals surface area contributed by atoms with Gasteiger partial charge in [-0.1, -0.05) is 72.7 Å². The topological polar surface area (TPSA) is 138 Å². The van der Waals surface area contributed by atoms with Crippen LogP contribution in [-0.4, -0.2) is 34.1 Å². The van der Waals surface area contributed by atoms with Crippen LogP contribution in [0.25, 0.3) is 22.2 Å². The van der Waals surface area contributed by atoms with Crippen LogP contribution < -0.4 is 15.7 Å². The van der Waals surface area contributed by atoms with Gasteiger partial charge >= 0.3 is 18.1 Å². The summed E-state index contributed by atoms with van der Waals surface area (Å²) in [7, 11) is 0. The van der Waals surface area contributed by atoms with Crippen molar-refractivity contribution in [3.63, 3.8) is 0 Å². The molecule has 2 N–H and O–H groups in total. The normalized spacial score (nSPS) is 16.8. The third kappa shape index (κ3) is 6.73. The number of para-hydroxylation sites is 1. The average molecular weight is 609 g/mol. The zero-order valence-corrected chi connectivity index (χ0v) is 24.6. The van der Waals surface area contributed by atoms with E-state index in [1.165, 1.54) is 6.92 Å². The Morgan fingerprint density at radius 3 is 2.58 bits per heavy atom. The fourth-order valence-corrected chi connectivity index (χ4v) is 5.64. The summed E-state index contributed by atoms with van der Waals surface area (Å²) in [5, 5.41) is 8.01. The lowest BCUT2D eigenvalue weighted by molar-refractivity contribution is -0.0914. The number of hydrazine groups is 1. The van der Waals surface area contributed by atoms with Crippen LogP contribution in [0.3, 0.4) is 0 Å². The number of aromatic nitrogens is 2. The first-order chi connectivity index (χ1) is 22.0. The van der Waals surface area contributed by atoms with Crippen LogP contribution in [0.1, 0.15) is 66.7 Å². The second kappa shape index (κ2) is 13.5. The predicted octanol–water partition coefficient (Wildman–Crippen LogP) is 6.18. The van der Waals surface area contributed by atoms with Crippen LogP contribution in [0.15, 0.2) is 77.1 Å². The lowest BCUT2D eigenvalue weighted by Crippen LogP contribution is -2.26. The Hall–Kier alpha value is -5.41. The van der Waals surface area contributed by atoms with Crippen molar-refractivity contribution >= 4 is 23.2 Å². The third-order valence-corrected chi connectivity index (χ3v) is 7.74. The summed E-state index contributed by atoms with van der Waals surface area (Å²) in [6.07, 6.45) is 9.88. The van der Waals surface area contributed by atoms with Crippen molar-refractivity contribution in [2.24, 2.45) is 10.3 Å². The Balaban J connectivity index is 1.22. The van der Waals surface area contributed by atoms with Crippen LogP contribution in [0.4, 0.5) is 4.79 Å². The summed E-state index contributed by atoms with van der Waals surface area (Å²) < 4.78 is 23.2. The molecule has 2 atom stereocenters. The van der Waals surface area contributed by atoms with Gasteiger partial charge in [-0.05, 0) is 54.5 Å². The van der Waals surface area contributed by atoms with Gasteiger partial charge in [0.25, 0.3) is 0 Å². The number of rotatable bonds is 9. The van der Waals surface area contributed by atoms with Gasteiger partial charge in [-0.2, -0.15) is 10.4 Å². The molecule has 2 unspecified atom stereocenters. The van der Waals surface area contributed by atoms with E-state index < -0.39 is 18.4 Å². The minimum atomic E-state index is -1.17. The van der Waals surface area contributed by atoms with Crippen LogP contribution in [-0.2, 0) is 20.8 Å². The Labute approximate surface area is 259 Å². The van der Waals surface area contributed by atoms with E-state index in [1.807, 2.05) is 48.5 Å². The molecule has 12 nitrogen and oxygen atoms in total. The van der Waals surface area contributed by atoms with E-state index in [1.54, 1.807) is 22.8 Å². The van der Waals surface area contributed by atoms with E-state index in [-0.39, 0.29) is 23.8 Å². The Kier molecular flexibility index (Phi) is 8.89. The Bertz CT molecular complexity index is 1760. The van der Waals surface area contributed by atoms with Crippen molar-refractivity contribution in [2.45, 2.75) is 64.1 Å². The smallest absolute Gasteiger partial charge is 0.431 e. The molecule has 0 bridgehead atoms. The summed E-state index contributed by atoms with van der Waals surface area (Å²) in [5.41, 5.74) is 10.7. The Morgan fingerprint density at radius 2 is 1.82 bits per heavy atom. The fraction of sp³-hybridized carbons (Fsp3) is 0.303. The highest BCUT2D eigenvalue weighted by atomic mass is 16.8. The molecular formula is C33H32N6O6. The number of hydrogen-bond acceptors (Lipinski definition) is 11. The van der Waals surface area contributed by atoms with Crippen LogP contribution in [0, 0.1) is 12.5 Å². The number of ether oxygens (including phenoxy) is 4. The number of esters is 1. The molecule has 1 fully saturated rings. The number of carbonyl (C=O) groups excluding carboxylic acids is 2. The van der Waals surface area contributed by atoms with Crippen LogP contribution in [0.5, 0.6) is 6.01 Å². The molecule has 2 heterocycles. The molecule has 0 radical (unpaired) electrons. The molecule has 1 saturated carbocycles. The van der Waals surface area contributed by atoms with Gasteiger partial charge in [0, 0.05) is 12.5 Å². The molecule has 0 saturated heterocycles. The van der Waals surface area contributed by atoms with Gasteiger partial charge in [0.05, 0.1) is 23.1 Å². The van der Waals surface area contributed by atoms with Gasteiger partial charge in [-0.3, -0.25) is 4.57 Å². The standard InChI is InChI=1S/C33H32N6O6/c1-3-42-32-34-28-15-9-14-27(31(40)43-21(2)44-33(41)45-24-10-5-4-6-11-24)29(28)39(32)20-22-16-18-23(19-17-22)25-12-7-8-13-26(25)30-35-37-38-36-30/h1,7-9,12-19,21,24,30H,4-6,10-11,20H2,2H3,(H,35,38)(H,36,37). The molecule has 1 aliphatic heterocycles. The van der Waals surface area contributed by atoms with Crippen molar-refractivity contribution in [1.82, 2.24) is 20.5 Å². The van der Waals surface area contributed by atoms with Crippen LogP contribution >= 0.6 is 0 Å². The maximum absolute atomic E-state index is 13.4. The fourth-order valence-electron chi connectivity index (χ4n) is 5.64. The molecule has 45 heavy (non-hydrogen) atoms. The molecule has 0 amide bonds. The summed E-state index contributed by atoms with van der Waals surface area (Å²) in [4.78, 5) is 30.1. The first-order valence-electron chi connectivity index (χ1n) is 14.8. The summed E-state index contributed by atoms with van der Waals surface area (Å²) >= 11 is 0. The number of terminal acetylenes is 1. The largest absolute Gasteiger partial charge is 0.511 e. The van der Waals surface area contributed by atoms with Crippen molar-refractivity contribution in [3.05, 3.63) is 83.4 Å². The highest BCUT2D eigenvalue weighted by Crippen LogP contribution is 2.31. The summed E-state index contributed by atoms with van der Waals surface area (Å²) in [6, 6.07) is 21.1. The SMILES string of the molecule is C#COc1nc2cccc(C(=O)OC(C)OC(=O)OC3CCCCC3)c2n1Cc1ccc(-c2ccccc2C2N=NNN2)cc1. The van der Waals surface area contributed by atoms with Gasteiger partial charge in [0.2, 0.25) is 6.29 Å². The first kappa shape index (κ1) is 29.7. The molecular weight excluding hydrogens is 576 g/mol. The van der Waals surface area contributed by atoms with Gasteiger partial charge in [-0.15, -0.1) is 5.11 Å². The number of nitrogens with zero attached hydrogens (tertiary/aromatic N) is 4. The number of fused-ring (bicyclic) bond motifs is 1. The van der Waals surface area contributed by atoms with Crippen molar-refractivity contribution in [3.8, 4) is 29.7 Å². The Morgan fingerprint density at radius 1 is 1.02 bits per heavy atom. The van der Waals surface area contributed by atoms with Crippen LogP contribution in [0.2, 0.25) is 0 Å². The van der Waals surface area contributed by atoms with Gasteiger partial charge in [0.15, 0.2) is 6.17 Å². The number of nitrogens with one attached hydrogen (secondary N) is 2. The lowest BCUT2D eigenvalue weighted by Gasteiger charge is -2.22. The minimum absolute atomic E-state index is 0.146. The molecule has 2 aliphatic rings. The summed E-state index contributed by atoms with van der Waals surface area (Å²) in [5.74, 6) is -0.703. The zero-order valence-electron chi connectivity index (χ0n) is 24.6. The van der Waals surface area contributed by atoms with E-state index in [0.29, 0.717) is 17.6 Å². The third-order valence-electron chi connectivity index (χ3n) is 7.74. The maximum Gasteiger partial charge on any atom is 0.511 e.